The molecule has 0 bridgehead atoms. The molecule has 104 valence electrons. The molecule has 0 amide bonds. The maximum absolute atomic E-state index is 12.5. The molecule has 0 aliphatic rings. The van der Waals surface area contributed by atoms with Crippen molar-refractivity contribution in [2.75, 3.05) is 13.2 Å². The van der Waals surface area contributed by atoms with Gasteiger partial charge in [0.2, 0.25) is 5.89 Å². The molecule has 18 heavy (non-hydrogen) atoms. The Morgan fingerprint density at radius 3 is 2.72 bits per heavy atom. The molecule has 1 aromatic heterocycles. The molecule has 0 aliphatic heterocycles. The van der Waals surface area contributed by atoms with E-state index in [1.54, 1.807) is 0 Å². The third-order valence-corrected chi connectivity index (χ3v) is 1.90. The standard InChI is InChI=1S/C9H12F4N2O3/c10-8(11)9(12,13)5-17-4-6-14-7(18-15-6)2-1-3-16/h8,16H,1-5H2. The first-order valence-electron chi connectivity index (χ1n) is 5.11. The molecule has 5 nitrogen and oxygen atoms in total. The molecule has 0 atom stereocenters. The lowest BCUT2D eigenvalue weighted by Gasteiger charge is -2.14. The molecule has 1 aromatic rings. The first kappa shape index (κ1) is 14.8. The van der Waals surface area contributed by atoms with Gasteiger partial charge in [0.1, 0.15) is 13.2 Å². The zero-order valence-corrected chi connectivity index (χ0v) is 9.28. The van der Waals surface area contributed by atoms with Crippen LogP contribution in [0.5, 0.6) is 0 Å². The highest BCUT2D eigenvalue weighted by Crippen LogP contribution is 2.23. The molecular weight excluding hydrogens is 260 g/mol. The van der Waals surface area contributed by atoms with Crippen molar-refractivity contribution in [2.45, 2.75) is 31.8 Å². The van der Waals surface area contributed by atoms with Crippen LogP contribution in [0.3, 0.4) is 0 Å². The van der Waals surface area contributed by atoms with Crippen LogP contribution in [-0.2, 0) is 17.8 Å². The smallest absolute Gasteiger partial charge is 0.330 e. The van der Waals surface area contributed by atoms with Crippen LogP contribution in [0.2, 0.25) is 0 Å². The summed E-state index contributed by atoms with van der Waals surface area (Å²) in [4.78, 5) is 3.77. The average Bonchev–Trinajstić information content (AvgIpc) is 2.74. The number of alkyl halides is 4. The SMILES string of the molecule is OCCCc1nc(COCC(F)(F)C(F)F)no1. The van der Waals surface area contributed by atoms with Crippen LogP contribution >= 0.6 is 0 Å². The highest BCUT2D eigenvalue weighted by Gasteiger charge is 2.41. The van der Waals surface area contributed by atoms with Crippen molar-refractivity contribution in [1.82, 2.24) is 10.1 Å². The van der Waals surface area contributed by atoms with Crippen LogP contribution in [0, 0.1) is 0 Å². The summed E-state index contributed by atoms with van der Waals surface area (Å²) in [6, 6.07) is 0. The number of hydrogen-bond acceptors (Lipinski definition) is 5. The van der Waals surface area contributed by atoms with E-state index in [1.165, 1.54) is 0 Å². The van der Waals surface area contributed by atoms with Crippen LogP contribution in [0.15, 0.2) is 4.52 Å². The number of hydrogen-bond donors (Lipinski definition) is 1. The largest absolute Gasteiger partial charge is 0.396 e. The fourth-order valence-corrected chi connectivity index (χ4v) is 1.02. The molecule has 0 unspecified atom stereocenters. The summed E-state index contributed by atoms with van der Waals surface area (Å²) in [6.07, 6.45) is -3.01. The summed E-state index contributed by atoms with van der Waals surface area (Å²) >= 11 is 0. The second-order valence-electron chi connectivity index (χ2n) is 3.49. The Hall–Kier alpha value is -1.22. The van der Waals surface area contributed by atoms with Crippen LogP contribution in [0.25, 0.3) is 0 Å². The molecule has 0 spiro atoms. The average molecular weight is 272 g/mol. The quantitative estimate of drug-likeness (QED) is 0.725. The molecule has 0 aliphatic carbocycles. The molecular formula is C9H12F4N2O3. The van der Waals surface area contributed by atoms with E-state index >= 15 is 0 Å². The van der Waals surface area contributed by atoms with Crippen LogP contribution < -0.4 is 0 Å². The summed E-state index contributed by atoms with van der Waals surface area (Å²) in [7, 11) is 0. The van der Waals surface area contributed by atoms with Crippen molar-refractivity contribution >= 4 is 0 Å². The maximum atomic E-state index is 12.5. The van der Waals surface area contributed by atoms with Gasteiger partial charge in [-0.2, -0.15) is 13.8 Å². The van der Waals surface area contributed by atoms with E-state index in [1.807, 2.05) is 0 Å². The fourth-order valence-electron chi connectivity index (χ4n) is 1.02. The minimum Gasteiger partial charge on any atom is -0.396 e. The fraction of sp³-hybridized carbons (Fsp3) is 0.778. The van der Waals surface area contributed by atoms with Crippen LogP contribution in [0.4, 0.5) is 17.6 Å². The van der Waals surface area contributed by atoms with Gasteiger partial charge < -0.3 is 14.4 Å². The topological polar surface area (TPSA) is 68.4 Å². The normalized spacial score (nSPS) is 12.3. The highest BCUT2D eigenvalue weighted by molar-refractivity contribution is 4.84. The van der Waals surface area contributed by atoms with E-state index in [2.05, 4.69) is 14.9 Å². The Balaban J connectivity index is 2.33. The summed E-state index contributed by atoms with van der Waals surface area (Å²) in [6.45, 7) is -1.90. The number of aliphatic hydroxyl groups excluding tert-OH is 1. The lowest BCUT2D eigenvalue weighted by atomic mass is 10.3. The number of aromatic nitrogens is 2. The third kappa shape index (κ3) is 4.57. The van der Waals surface area contributed by atoms with Crippen molar-refractivity contribution in [3.8, 4) is 0 Å². The highest BCUT2D eigenvalue weighted by atomic mass is 19.3. The van der Waals surface area contributed by atoms with E-state index in [0.717, 1.165) is 0 Å². The van der Waals surface area contributed by atoms with Gasteiger partial charge in [-0.3, -0.25) is 0 Å². The van der Waals surface area contributed by atoms with Gasteiger partial charge in [-0.25, -0.2) is 8.78 Å². The Bertz CT molecular complexity index is 359. The number of halogens is 4. The van der Waals surface area contributed by atoms with E-state index in [9.17, 15) is 17.6 Å². The molecule has 0 radical (unpaired) electrons. The van der Waals surface area contributed by atoms with Gasteiger partial charge in [0, 0.05) is 13.0 Å². The van der Waals surface area contributed by atoms with E-state index < -0.39 is 25.6 Å². The molecule has 0 saturated heterocycles. The van der Waals surface area contributed by atoms with Gasteiger partial charge in [0.15, 0.2) is 5.82 Å². The number of nitrogens with zero attached hydrogens (tertiary/aromatic N) is 2. The summed E-state index contributed by atoms with van der Waals surface area (Å²) in [5.41, 5.74) is 0. The van der Waals surface area contributed by atoms with Crippen molar-refractivity contribution in [3.05, 3.63) is 11.7 Å². The Morgan fingerprint density at radius 1 is 1.39 bits per heavy atom. The van der Waals surface area contributed by atoms with Gasteiger partial charge in [-0.05, 0) is 6.42 Å². The zero-order chi connectivity index (χ0) is 13.6. The van der Waals surface area contributed by atoms with Crippen LogP contribution in [0.1, 0.15) is 18.1 Å². The first-order valence-corrected chi connectivity index (χ1v) is 5.11. The lowest BCUT2D eigenvalue weighted by Crippen LogP contribution is -2.32. The maximum Gasteiger partial charge on any atom is 0.330 e. The minimum atomic E-state index is -4.19. The van der Waals surface area contributed by atoms with Gasteiger partial charge in [-0.15, -0.1) is 0 Å². The summed E-state index contributed by atoms with van der Waals surface area (Å²) in [5.74, 6) is -3.97. The monoisotopic (exact) mass is 272 g/mol. The van der Waals surface area contributed by atoms with Crippen molar-refractivity contribution in [1.29, 1.82) is 0 Å². The van der Waals surface area contributed by atoms with Crippen molar-refractivity contribution in [3.63, 3.8) is 0 Å². The number of aryl methyl sites for hydroxylation is 1. The second kappa shape index (κ2) is 6.64. The molecule has 0 fully saturated rings. The lowest BCUT2D eigenvalue weighted by molar-refractivity contribution is -0.168. The van der Waals surface area contributed by atoms with Crippen molar-refractivity contribution < 1.29 is 31.9 Å². The third-order valence-electron chi connectivity index (χ3n) is 1.90. The van der Waals surface area contributed by atoms with E-state index in [-0.39, 0.29) is 18.3 Å². The number of rotatable bonds is 8. The second-order valence-corrected chi connectivity index (χ2v) is 3.49. The Morgan fingerprint density at radius 2 is 2.11 bits per heavy atom. The molecule has 1 heterocycles. The minimum absolute atomic E-state index is 0.00648. The van der Waals surface area contributed by atoms with Gasteiger partial charge in [-0.1, -0.05) is 5.16 Å². The van der Waals surface area contributed by atoms with Gasteiger partial charge >= 0.3 is 12.3 Å². The van der Waals surface area contributed by atoms with Crippen LogP contribution in [-0.4, -0.2) is 40.8 Å². The van der Waals surface area contributed by atoms with Crippen molar-refractivity contribution in [2.24, 2.45) is 0 Å². The summed E-state index contributed by atoms with van der Waals surface area (Å²) in [5, 5.41) is 12.0. The Kier molecular flexibility index (Phi) is 5.48. The van der Waals surface area contributed by atoms with Gasteiger partial charge in [0.25, 0.3) is 0 Å². The molecule has 0 saturated carbocycles. The van der Waals surface area contributed by atoms with Gasteiger partial charge in [0.05, 0.1) is 0 Å². The predicted octanol–water partition coefficient (Wildman–Crippen LogP) is 1.41. The first-order chi connectivity index (χ1) is 8.45. The summed E-state index contributed by atoms with van der Waals surface area (Å²) < 4.78 is 57.6. The Labute approximate surface area is 99.7 Å². The zero-order valence-electron chi connectivity index (χ0n) is 9.28. The molecule has 0 aromatic carbocycles. The number of aliphatic hydroxyl groups is 1. The van der Waals surface area contributed by atoms with E-state index in [4.69, 9.17) is 9.63 Å². The number of ether oxygens (including phenoxy) is 1. The van der Waals surface area contributed by atoms with E-state index in [0.29, 0.717) is 12.8 Å². The molecule has 1 rings (SSSR count). The molecule has 1 N–H and O–H groups in total. The predicted molar refractivity (Wildman–Crippen MR) is 50.3 cm³/mol. The molecule has 9 heteroatoms.